The third kappa shape index (κ3) is 9.79. The van der Waals surface area contributed by atoms with Gasteiger partial charge in [0.25, 0.3) is 5.95 Å². The number of nitrogens with zero attached hydrogens (tertiary/aromatic N) is 7. The Bertz CT molecular complexity index is 1260. The molecule has 0 aromatic carbocycles. The molecule has 2 aliphatic rings. The van der Waals surface area contributed by atoms with Gasteiger partial charge in [-0.25, -0.2) is 5.43 Å². The average Bonchev–Trinajstić information content (AvgIpc) is 2.99. The number of allylic oxidation sites excluding steroid dienone is 5. The number of hydrazine groups is 1. The Hall–Kier alpha value is -4.36. The van der Waals surface area contributed by atoms with Crippen LogP contribution in [0.1, 0.15) is 13.8 Å². The number of anilines is 2. The number of rotatable bonds is 10. The van der Waals surface area contributed by atoms with E-state index in [2.05, 4.69) is 65.2 Å². The van der Waals surface area contributed by atoms with Crippen molar-refractivity contribution in [2.45, 2.75) is 19.0 Å². The van der Waals surface area contributed by atoms with Crippen LogP contribution in [0.15, 0.2) is 88.9 Å². The van der Waals surface area contributed by atoms with Crippen LogP contribution in [0.2, 0.25) is 0 Å². The summed E-state index contributed by atoms with van der Waals surface area (Å²) in [5, 5.41) is 0.644. The number of thioether (sulfide) groups is 1. The molecular weight excluding hydrogens is 510 g/mol. The first-order chi connectivity index (χ1) is 19.2. The third-order valence-corrected chi connectivity index (χ3v) is 6.17. The van der Waals surface area contributed by atoms with Crippen molar-refractivity contribution in [3.8, 4) is 12.8 Å². The summed E-state index contributed by atoms with van der Waals surface area (Å²) in [7, 11) is 0. The minimum absolute atomic E-state index is 0.368. The molecular formula is C28H33N9OS. The lowest BCUT2D eigenvalue weighted by atomic mass is 10.3. The zero-order valence-electron chi connectivity index (χ0n) is 22.2. The molecule has 2 aromatic heterocycles. The molecule has 2 aliphatic heterocycles. The van der Waals surface area contributed by atoms with E-state index in [1.165, 1.54) is 11.9 Å². The molecule has 0 bridgehead atoms. The van der Waals surface area contributed by atoms with Gasteiger partial charge in [0.2, 0.25) is 5.95 Å². The standard InChI is InChI=1S/C26H31N9OS.C2H2/c1-3-4-5-8-19-37-26-31-24(29-21(2)33-28-20-23-9-6-7-18-36-23)30-25(32-26)35-16-14-34(15-17-35)22-10-12-27-13-11-22;1-2/h3-6,8-13,18,28H,14-17,19-20H2,1-2H3,(H,29,30,31,32,33);1-2H/b4-3-,8-5-;. The molecule has 10 nitrogen and oxygen atoms in total. The maximum atomic E-state index is 5.37. The predicted molar refractivity (Wildman–Crippen MR) is 159 cm³/mol. The number of aromatic nitrogens is 4. The number of piperazine rings is 1. The molecule has 0 aliphatic carbocycles. The molecule has 1 fully saturated rings. The minimum Gasteiger partial charge on any atom is -0.460 e. The van der Waals surface area contributed by atoms with Gasteiger partial charge in [-0.2, -0.15) is 19.9 Å². The fourth-order valence-electron chi connectivity index (χ4n) is 3.55. The van der Waals surface area contributed by atoms with E-state index in [9.17, 15) is 0 Å². The summed E-state index contributed by atoms with van der Waals surface area (Å²) in [6.45, 7) is 7.69. The predicted octanol–water partition coefficient (Wildman–Crippen LogP) is 3.79. The van der Waals surface area contributed by atoms with Crippen molar-refractivity contribution in [2.75, 3.05) is 48.3 Å². The van der Waals surface area contributed by atoms with Crippen LogP contribution in [-0.2, 0) is 4.74 Å². The quantitative estimate of drug-likeness (QED) is 0.0875. The zero-order valence-corrected chi connectivity index (χ0v) is 23.0. The highest BCUT2D eigenvalue weighted by atomic mass is 32.2. The Kier molecular flexibility index (Phi) is 12.3. The summed E-state index contributed by atoms with van der Waals surface area (Å²) in [5.41, 5.74) is 10.2. The van der Waals surface area contributed by atoms with Gasteiger partial charge >= 0.3 is 0 Å². The molecule has 202 valence electrons. The molecule has 0 atom stereocenters. The Labute approximate surface area is 234 Å². The lowest BCUT2D eigenvalue weighted by Gasteiger charge is -2.36. The topological polar surface area (TPSA) is 104 Å². The van der Waals surface area contributed by atoms with Gasteiger partial charge in [-0.15, -0.1) is 12.8 Å². The van der Waals surface area contributed by atoms with Crippen LogP contribution in [0.5, 0.6) is 0 Å². The van der Waals surface area contributed by atoms with Crippen molar-refractivity contribution in [1.82, 2.24) is 30.8 Å². The van der Waals surface area contributed by atoms with Crippen LogP contribution in [0, 0.1) is 12.8 Å². The monoisotopic (exact) mass is 543 g/mol. The van der Waals surface area contributed by atoms with Gasteiger partial charge in [-0.3, -0.25) is 4.98 Å². The molecule has 2 aromatic rings. The SMILES string of the molecule is C#C.C/C=C\C=C/CSc1nc(/N=C(\C)NNCC2=CC=C=CO2)nc(N2CCN(c3ccncc3)CC2)n1. The molecule has 39 heavy (non-hydrogen) atoms. The maximum absolute atomic E-state index is 5.37. The van der Waals surface area contributed by atoms with E-state index in [1.54, 1.807) is 17.8 Å². The third-order valence-electron chi connectivity index (χ3n) is 5.37. The van der Waals surface area contributed by atoms with E-state index in [4.69, 9.17) is 9.72 Å². The van der Waals surface area contributed by atoms with Crippen LogP contribution in [-0.4, -0.2) is 64.2 Å². The average molecular weight is 544 g/mol. The van der Waals surface area contributed by atoms with Crippen LogP contribution in [0.25, 0.3) is 0 Å². The molecule has 4 heterocycles. The van der Waals surface area contributed by atoms with Crippen molar-refractivity contribution in [3.05, 3.63) is 78.7 Å². The number of amidine groups is 1. The van der Waals surface area contributed by atoms with Gasteiger partial charge in [-0.05, 0) is 38.1 Å². The summed E-state index contributed by atoms with van der Waals surface area (Å²) in [5.74, 6) is 3.17. The summed E-state index contributed by atoms with van der Waals surface area (Å²) >= 11 is 1.56. The fourth-order valence-corrected chi connectivity index (χ4v) is 4.19. The van der Waals surface area contributed by atoms with Crippen molar-refractivity contribution < 1.29 is 4.74 Å². The fraction of sp³-hybridized carbons (Fsp3) is 0.286. The minimum atomic E-state index is 0.368. The number of nitrogens with one attached hydrogen (secondary N) is 2. The highest BCUT2D eigenvalue weighted by Crippen LogP contribution is 2.22. The van der Waals surface area contributed by atoms with Gasteiger partial charge in [0.15, 0.2) is 5.16 Å². The second-order valence-electron chi connectivity index (χ2n) is 8.04. The summed E-state index contributed by atoms with van der Waals surface area (Å²) in [6.07, 6.45) is 24.9. The first kappa shape index (κ1) is 29.2. The van der Waals surface area contributed by atoms with Gasteiger partial charge in [0.05, 0.1) is 6.54 Å². The molecule has 0 saturated carbocycles. The molecule has 0 spiro atoms. The first-order valence-electron chi connectivity index (χ1n) is 12.4. The van der Waals surface area contributed by atoms with Crippen molar-refractivity contribution in [2.24, 2.45) is 4.99 Å². The van der Waals surface area contributed by atoms with Gasteiger partial charge < -0.3 is 20.0 Å². The van der Waals surface area contributed by atoms with E-state index in [1.807, 2.05) is 62.7 Å². The number of terminal acetylenes is 1. The molecule has 4 rings (SSSR count). The van der Waals surface area contributed by atoms with Gasteiger partial charge in [-0.1, -0.05) is 41.8 Å². The molecule has 1 saturated heterocycles. The second-order valence-corrected chi connectivity index (χ2v) is 9.03. The number of ether oxygens (including phenoxy) is 1. The number of aliphatic imine (C=N–C) groups is 1. The molecule has 0 amide bonds. The van der Waals surface area contributed by atoms with E-state index in [-0.39, 0.29) is 0 Å². The molecule has 11 heteroatoms. The molecule has 0 unspecified atom stereocenters. The van der Waals surface area contributed by atoms with Crippen LogP contribution in [0.3, 0.4) is 0 Å². The highest BCUT2D eigenvalue weighted by Gasteiger charge is 2.21. The Morgan fingerprint density at radius 3 is 2.62 bits per heavy atom. The van der Waals surface area contributed by atoms with Crippen LogP contribution >= 0.6 is 11.8 Å². The molecule has 2 N–H and O–H groups in total. The summed E-state index contributed by atoms with van der Waals surface area (Å²) in [4.78, 5) is 27.2. The van der Waals surface area contributed by atoms with Crippen molar-refractivity contribution in [3.63, 3.8) is 0 Å². The Balaban J connectivity index is 0.00000205. The first-order valence-corrected chi connectivity index (χ1v) is 13.4. The van der Waals surface area contributed by atoms with Gasteiger partial charge in [0, 0.05) is 50.0 Å². The number of hydrogen-bond acceptors (Lipinski definition) is 10. The van der Waals surface area contributed by atoms with E-state index in [0.29, 0.717) is 29.4 Å². The number of hydrogen-bond donors (Lipinski definition) is 2. The lowest BCUT2D eigenvalue weighted by Crippen LogP contribution is -2.47. The van der Waals surface area contributed by atoms with E-state index in [0.717, 1.165) is 37.7 Å². The second kappa shape index (κ2) is 16.5. The van der Waals surface area contributed by atoms with Crippen LogP contribution < -0.4 is 20.7 Å². The van der Waals surface area contributed by atoms with E-state index >= 15 is 0 Å². The molecule has 0 radical (unpaired) electrons. The largest absolute Gasteiger partial charge is 0.460 e. The summed E-state index contributed by atoms with van der Waals surface area (Å²) in [6, 6.07) is 4.07. The zero-order chi connectivity index (χ0) is 27.7. The highest BCUT2D eigenvalue weighted by molar-refractivity contribution is 7.99. The van der Waals surface area contributed by atoms with E-state index < -0.39 is 0 Å². The van der Waals surface area contributed by atoms with Crippen LogP contribution in [0.4, 0.5) is 17.6 Å². The number of pyridine rings is 1. The normalized spacial score (nSPS) is 15.2. The lowest BCUT2D eigenvalue weighted by molar-refractivity contribution is 0.331. The Morgan fingerprint density at radius 1 is 1.13 bits per heavy atom. The van der Waals surface area contributed by atoms with Gasteiger partial charge in [0.1, 0.15) is 17.9 Å². The summed E-state index contributed by atoms with van der Waals surface area (Å²) < 4.78 is 5.37. The maximum Gasteiger partial charge on any atom is 0.256 e. The Morgan fingerprint density at radius 2 is 1.90 bits per heavy atom. The van der Waals surface area contributed by atoms with Crippen molar-refractivity contribution in [1.29, 1.82) is 0 Å². The smallest absolute Gasteiger partial charge is 0.256 e. The van der Waals surface area contributed by atoms with Crippen molar-refractivity contribution >= 4 is 35.2 Å².